The van der Waals surface area contributed by atoms with Crippen LogP contribution in [0, 0.1) is 0 Å². The molecule has 0 atom stereocenters. The number of unbranched alkanes of at least 4 members (excludes halogenated alkanes) is 2. The molecule has 0 aromatic carbocycles. The zero-order valence-corrected chi connectivity index (χ0v) is 9.44. The van der Waals surface area contributed by atoms with Gasteiger partial charge >= 0.3 is 0 Å². The van der Waals surface area contributed by atoms with E-state index >= 15 is 0 Å². The molecule has 13 heavy (non-hydrogen) atoms. The molecule has 0 aromatic heterocycles. The van der Waals surface area contributed by atoms with E-state index in [2.05, 4.69) is 26.1 Å². The fourth-order valence-corrected chi connectivity index (χ4v) is 1.12. The van der Waals surface area contributed by atoms with E-state index in [1.807, 2.05) is 0 Å². The van der Waals surface area contributed by atoms with Crippen LogP contribution in [0.1, 0.15) is 46.5 Å². The van der Waals surface area contributed by atoms with Crippen LogP contribution in [0.15, 0.2) is 0 Å². The lowest BCUT2D eigenvalue weighted by atomic mass is 10.3. The Morgan fingerprint density at radius 2 is 1.77 bits per heavy atom. The highest BCUT2D eigenvalue weighted by atomic mass is 16.5. The smallest absolute Gasteiger partial charge is 0.0478 e. The summed E-state index contributed by atoms with van der Waals surface area (Å²) in [4.78, 5) is 0. The Hall–Kier alpha value is -0.0800. The van der Waals surface area contributed by atoms with Gasteiger partial charge in [-0.05, 0) is 19.4 Å². The highest BCUT2D eigenvalue weighted by Gasteiger charge is 1.92. The van der Waals surface area contributed by atoms with Crippen LogP contribution in [-0.4, -0.2) is 25.8 Å². The SMILES string of the molecule is CCCCCOCCCNC(C)C. The zero-order valence-electron chi connectivity index (χ0n) is 9.44. The molecule has 0 fully saturated rings. The summed E-state index contributed by atoms with van der Waals surface area (Å²) >= 11 is 0. The molecule has 0 unspecified atom stereocenters. The topological polar surface area (TPSA) is 21.3 Å². The van der Waals surface area contributed by atoms with Crippen LogP contribution in [0.5, 0.6) is 0 Å². The fraction of sp³-hybridized carbons (Fsp3) is 1.00. The van der Waals surface area contributed by atoms with E-state index in [0.717, 1.165) is 26.2 Å². The maximum atomic E-state index is 5.48. The Morgan fingerprint density at radius 1 is 1.08 bits per heavy atom. The minimum Gasteiger partial charge on any atom is -0.381 e. The summed E-state index contributed by atoms with van der Waals surface area (Å²) < 4.78 is 5.48. The minimum absolute atomic E-state index is 0.597. The van der Waals surface area contributed by atoms with Crippen LogP contribution < -0.4 is 5.32 Å². The van der Waals surface area contributed by atoms with Crippen LogP contribution >= 0.6 is 0 Å². The van der Waals surface area contributed by atoms with E-state index < -0.39 is 0 Å². The molecule has 2 heteroatoms. The van der Waals surface area contributed by atoms with Crippen molar-refractivity contribution in [3.05, 3.63) is 0 Å². The van der Waals surface area contributed by atoms with Gasteiger partial charge in [0, 0.05) is 19.3 Å². The molecule has 0 saturated carbocycles. The third-order valence-corrected chi connectivity index (χ3v) is 1.91. The van der Waals surface area contributed by atoms with Gasteiger partial charge in [-0.3, -0.25) is 0 Å². The monoisotopic (exact) mass is 187 g/mol. The predicted molar refractivity (Wildman–Crippen MR) is 58.1 cm³/mol. The van der Waals surface area contributed by atoms with Crippen LogP contribution in [-0.2, 0) is 4.74 Å². The lowest BCUT2D eigenvalue weighted by molar-refractivity contribution is 0.127. The van der Waals surface area contributed by atoms with Gasteiger partial charge in [-0.25, -0.2) is 0 Å². The van der Waals surface area contributed by atoms with Gasteiger partial charge in [0.2, 0.25) is 0 Å². The number of ether oxygens (including phenoxy) is 1. The molecule has 0 aliphatic carbocycles. The van der Waals surface area contributed by atoms with E-state index in [1.54, 1.807) is 0 Å². The van der Waals surface area contributed by atoms with Crippen LogP contribution in [0.25, 0.3) is 0 Å². The largest absolute Gasteiger partial charge is 0.381 e. The lowest BCUT2D eigenvalue weighted by Gasteiger charge is -2.07. The van der Waals surface area contributed by atoms with Gasteiger partial charge in [-0.15, -0.1) is 0 Å². The van der Waals surface area contributed by atoms with Crippen LogP contribution in [0.2, 0.25) is 0 Å². The molecule has 80 valence electrons. The molecule has 0 aliphatic heterocycles. The lowest BCUT2D eigenvalue weighted by Crippen LogP contribution is -2.24. The van der Waals surface area contributed by atoms with Gasteiger partial charge in [0.25, 0.3) is 0 Å². The average Bonchev–Trinajstić information content (AvgIpc) is 2.09. The van der Waals surface area contributed by atoms with E-state index in [0.29, 0.717) is 6.04 Å². The Morgan fingerprint density at radius 3 is 2.38 bits per heavy atom. The van der Waals surface area contributed by atoms with E-state index in [-0.39, 0.29) is 0 Å². The van der Waals surface area contributed by atoms with Crippen molar-refractivity contribution in [2.75, 3.05) is 19.8 Å². The van der Waals surface area contributed by atoms with Crippen molar-refractivity contribution in [2.45, 2.75) is 52.5 Å². The molecule has 0 aromatic rings. The van der Waals surface area contributed by atoms with Crippen molar-refractivity contribution in [1.29, 1.82) is 0 Å². The van der Waals surface area contributed by atoms with Gasteiger partial charge in [0.1, 0.15) is 0 Å². The maximum absolute atomic E-state index is 5.48. The summed E-state index contributed by atoms with van der Waals surface area (Å²) in [5.41, 5.74) is 0. The first-order chi connectivity index (χ1) is 6.27. The zero-order chi connectivity index (χ0) is 9.94. The van der Waals surface area contributed by atoms with Gasteiger partial charge in [-0.2, -0.15) is 0 Å². The molecule has 0 heterocycles. The van der Waals surface area contributed by atoms with Crippen molar-refractivity contribution >= 4 is 0 Å². The molecule has 0 rings (SSSR count). The molecule has 0 aliphatic rings. The first-order valence-electron chi connectivity index (χ1n) is 5.58. The first-order valence-corrected chi connectivity index (χ1v) is 5.58. The number of nitrogens with one attached hydrogen (secondary N) is 1. The van der Waals surface area contributed by atoms with Gasteiger partial charge in [0.05, 0.1) is 0 Å². The number of hydrogen-bond acceptors (Lipinski definition) is 2. The van der Waals surface area contributed by atoms with E-state index in [1.165, 1.54) is 19.3 Å². The summed E-state index contributed by atoms with van der Waals surface area (Å²) in [5, 5.41) is 3.37. The minimum atomic E-state index is 0.597. The molecule has 0 amide bonds. The van der Waals surface area contributed by atoms with Gasteiger partial charge < -0.3 is 10.1 Å². The Kier molecular flexibility index (Phi) is 9.94. The quantitative estimate of drug-likeness (QED) is 0.560. The second-order valence-electron chi connectivity index (χ2n) is 3.78. The van der Waals surface area contributed by atoms with Crippen LogP contribution in [0.4, 0.5) is 0 Å². The third-order valence-electron chi connectivity index (χ3n) is 1.91. The Bertz CT molecular complexity index is 94.1. The molecule has 1 N–H and O–H groups in total. The fourth-order valence-electron chi connectivity index (χ4n) is 1.12. The number of rotatable bonds is 9. The summed E-state index contributed by atoms with van der Waals surface area (Å²) in [5.74, 6) is 0. The van der Waals surface area contributed by atoms with E-state index in [4.69, 9.17) is 4.74 Å². The van der Waals surface area contributed by atoms with Crippen molar-refractivity contribution in [3.8, 4) is 0 Å². The molecule has 0 bridgehead atoms. The summed E-state index contributed by atoms with van der Waals surface area (Å²) in [6.07, 6.45) is 4.92. The molecule has 2 nitrogen and oxygen atoms in total. The normalized spacial score (nSPS) is 11.1. The molecule has 0 saturated heterocycles. The highest BCUT2D eigenvalue weighted by molar-refractivity contribution is 4.51. The van der Waals surface area contributed by atoms with Gasteiger partial charge in [-0.1, -0.05) is 33.6 Å². The van der Waals surface area contributed by atoms with E-state index in [9.17, 15) is 0 Å². The van der Waals surface area contributed by atoms with Crippen molar-refractivity contribution in [2.24, 2.45) is 0 Å². The second-order valence-corrected chi connectivity index (χ2v) is 3.78. The number of hydrogen-bond donors (Lipinski definition) is 1. The standard InChI is InChI=1S/C11H25NO/c1-4-5-6-9-13-10-7-8-12-11(2)3/h11-12H,4-10H2,1-3H3. The molecular formula is C11H25NO. The maximum Gasteiger partial charge on any atom is 0.0478 e. The highest BCUT2D eigenvalue weighted by Crippen LogP contribution is 1.94. The van der Waals surface area contributed by atoms with Gasteiger partial charge in [0.15, 0.2) is 0 Å². The Balaban J connectivity index is 2.84. The predicted octanol–water partition coefficient (Wildman–Crippen LogP) is 2.58. The first kappa shape index (κ1) is 12.9. The molecule has 0 spiro atoms. The third kappa shape index (κ3) is 11.9. The molecule has 0 radical (unpaired) electrons. The summed E-state index contributed by atoms with van der Waals surface area (Å²) in [6.45, 7) is 9.47. The Labute approximate surface area is 83.1 Å². The average molecular weight is 187 g/mol. The van der Waals surface area contributed by atoms with Crippen molar-refractivity contribution < 1.29 is 4.74 Å². The second kappa shape index (κ2) is 10.0. The molecular weight excluding hydrogens is 162 g/mol. The summed E-state index contributed by atoms with van der Waals surface area (Å²) in [6, 6.07) is 0.597. The van der Waals surface area contributed by atoms with Crippen molar-refractivity contribution in [1.82, 2.24) is 5.32 Å². The van der Waals surface area contributed by atoms with Crippen molar-refractivity contribution in [3.63, 3.8) is 0 Å². The van der Waals surface area contributed by atoms with Crippen LogP contribution in [0.3, 0.4) is 0 Å². The summed E-state index contributed by atoms with van der Waals surface area (Å²) in [7, 11) is 0.